The summed E-state index contributed by atoms with van der Waals surface area (Å²) in [6.45, 7) is 6.63. The molecule has 1 atom stereocenters. The van der Waals surface area contributed by atoms with Crippen LogP contribution in [0.2, 0.25) is 0 Å². The Balaban J connectivity index is 2.65. The summed E-state index contributed by atoms with van der Waals surface area (Å²) in [5.41, 5.74) is 1.43. The molecule has 1 unspecified atom stereocenters. The van der Waals surface area contributed by atoms with Crippen LogP contribution in [0.25, 0.3) is 0 Å². The molecule has 5 heteroatoms. The molecule has 18 heavy (non-hydrogen) atoms. The number of aryl methyl sites for hydroxylation is 2. The Morgan fingerprint density at radius 2 is 2.22 bits per heavy atom. The summed E-state index contributed by atoms with van der Waals surface area (Å²) >= 11 is 0. The van der Waals surface area contributed by atoms with Crippen molar-refractivity contribution in [2.75, 3.05) is 13.2 Å². The predicted octanol–water partition coefficient (Wildman–Crippen LogP) is 0.977. The van der Waals surface area contributed by atoms with Crippen molar-refractivity contribution in [1.82, 2.24) is 15.1 Å². The maximum atomic E-state index is 12.0. The molecule has 102 valence electrons. The van der Waals surface area contributed by atoms with Gasteiger partial charge in [0.05, 0.1) is 11.3 Å². The molecule has 0 saturated heterocycles. The van der Waals surface area contributed by atoms with Gasteiger partial charge in [0.2, 0.25) is 0 Å². The zero-order chi connectivity index (χ0) is 13.7. The molecule has 0 saturated carbocycles. The van der Waals surface area contributed by atoms with Crippen LogP contribution in [0.3, 0.4) is 0 Å². The summed E-state index contributed by atoms with van der Waals surface area (Å²) in [5.74, 6) is 0.324. The van der Waals surface area contributed by atoms with Crippen LogP contribution in [0.5, 0.6) is 0 Å². The van der Waals surface area contributed by atoms with E-state index in [1.165, 1.54) is 0 Å². The molecular weight excluding hydrogens is 230 g/mol. The van der Waals surface area contributed by atoms with E-state index in [0.717, 1.165) is 12.1 Å². The van der Waals surface area contributed by atoms with Crippen molar-refractivity contribution in [3.8, 4) is 0 Å². The Morgan fingerprint density at radius 1 is 1.56 bits per heavy atom. The van der Waals surface area contributed by atoms with E-state index in [-0.39, 0.29) is 18.4 Å². The van der Waals surface area contributed by atoms with Crippen LogP contribution in [-0.4, -0.2) is 33.9 Å². The normalized spacial score (nSPS) is 12.8. The van der Waals surface area contributed by atoms with Crippen molar-refractivity contribution < 1.29 is 9.90 Å². The van der Waals surface area contributed by atoms with Gasteiger partial charge in [-0.2, -0.15) is 5.10 Å². The van der Waals surface area contributed by atoms with E-state index in [4.69, 9.17) is 0 Å². The van der Waals surface area contributed by atoms with Crippen LogP contribution in [-0.2, 0) is 13.5 Å². The standard InChI is InChI=1S/C13H23N3O2/c1-5-12-11(7-16(4)15-12)13(18)14-6-10(8-17)9(2)3/h7,9-10,17H,5-6,8H2,1-4H3,(H,14,18). The Bertz CT molecular complexity index is 399. The van der Waals surface area contributed by atoms with E-state index >= 15 is 0 Å². The summed E-state index contributed by atoms with van der Waals surface area (Å²) in [5, 5.41) is 16.3. The lowest BCUT2D eigenvalue weighted by atomic mass is 9.97. The lowest BCUT2D eigenvalue weighted by Crippen LogP contribution is -2.33. The second-order valence-corrected chi connectivity index (χ2v) is 4.91. The number of nitrogens with one attached hydrogen (secondary N) is 1. The number of hydrogen-bond donors (Lipinski definition) is 2. The predicted molar refractivity (Wildman–Crippen MR) is 70.3 cm³/mol. The van der Waals surface area contributed by atoms with Gasteiger partial charge in [-0.15, -0.1) is 0 Å². The van der Waals surface area contributed by atoms with Gasteiger partial charge in [0.15, 0.2) is 0 Å². The Hall–Kier alpha value is -1.36. The van der Waals surface area contributed by atoms with E-state index in [0.29, 0.717) is 18.0 Å². The van der Waals surface area contributed by atoms with Crippen LogP contribution in [0, 0.1) is 11.8 Å². The minimum atomic E-state index is -0.112. The molecule has 0 radical (unpaired) electrons. The number of aliphatic hydroxyl groups excluding tert-OH is 1. The van der Waals surface area contributed by atoms with Crippen molar-refractivity contribution in [3.63, 3.8) is 0 Å². The van der Waals surface area contributed by atoms with Gasteiger partial charge >= 0.3 is 0 Å². The monoisotopic (exact) mass is 253 g/mol. The van der Waals surface area contributed by atoms with Crippen LogP contribution >= 0.6 is 0 Å². The van der Waals surface area contributed by atoms with Crippen LogP contribution in [0.15, 0.2) is 6.20 Å². The molecule has 1 heterocycles. The van der Waals surface area contributed by atoms with Crippen LogP contribution in [0.4, 0.5) is 0 Å². The van der Waals surface area contributed by atoms with Gasteiger partial charge in [0.1, 0.15) is 0 Å². The van der Waals surface area contributed by atoms with Gasteiger partial charge in [-0.1, -0.05) is 20.8 Å². The molecule has 1 aromatic rings. The summed E-state index contributed by atoms with van der Waals surface area (Å²) < 4.78 is 1.65. The lowest BCUT2D eigenvalue weighted by Gasteiger charge is -2.18. The minimum absolute atomic E-state index is 0.0889. The molecule has 2 N–H and O–H groups in total. The first-order chi connectivity index (χ1) is 8.49. The molecular formula is C13H23N3O2. The van der Waals surface area contributed by atoms with Gasteiger partial charge in [0.25, 0.3) is 5.91 Å². The zero-order valence-corrected chi connectivity index (χ0v) is 11.6. The molecule has 1 amide bonds. The molecule has 1 aromatic heterocycles. The molecule has 0 aromatic carbocycles. The summed E-state index contributed by atoms with van der Waals surface area (Å²) in [6, 6.07) is 0. The third kappa shape index (κ3) is 3.57. The maximum Gasteiger partial charge on any atom is 0.254 e. The first-order valence-electron chi connectivity index (χ1n) is 6.41. The smallest absolute Gasteiger partial charge is 0.254 e. The number of aliphatic hydroxyl groups is 1. The summed E-state index contributed by atoms with van der Waals surface area (Å²) in [7, 11) is 1.81. The number of amides is 1. The average Bonchev–Trinajstić information content (AvgIpc) is 2.70. The van der Waals surface area contributed by atoms with Crippen LogP contribution in [0.1, 0.15) is 36.8 Å². The molecule has 0 fully saturated rings. The minimum Gasteiger partial charge on any atom is -0.396 e. The molecule has 5 nitrogen and oxygen atoms in total. The third-order valence-corrected chi connectivity index (χ3v) is 3.19. The molecule has 0 aliphatic carbocycles. The largest absolute Gasteiger partial charge is 0.396 e. The number of aromatic nitrogens is 2. The number of carbonyl (C=O) groups is 1. The fourth-order valence-electron chi connectivity index (χ4n) is 1.82. The third-order valence-electron chi connectivity index (χ3n) is 3.19. The molecule has 1 rings (SSSR count). The highest BCUT2D eigenvalue weighted by molar-refractivity contribution is 5.95. The van der Waals surface area contributed by atoms with Crippen molar-refractivity contribution >= 4 is 5.91 Å². The topological polar surface area (TPSA) is 67.2 Å². The molecule has 0 aliphatic heterocycles. The number of rotatable bonds is 6. The van der Waals surface area contributed by atoms with Crippen molar-refractivity contribution in [3.05, 3.63) is 17.5 Å². The molecule has 0 spiro atoms. The number of nitrogens with zero attached hydrogens (tertiary/aromatic N) is 2. The molecule has 0 bridgehead atoms. The highest BCUT2D eigenvalue weighted by Crippen LogP contribution is 2.10. The average molecular weight is 253 g/mol. The summed E-state index contributed by atoms with van der Waals surface area (Å²) in [6.07, 6.45) is 2.47. The fraction of sp³-hybridized carbons (Fsp3) is 0.692. The van der Waals surface area contributed by atoms with E-state index in [1.807, 2.05) is 20.8 Å². The van der Waals surface area contributed by atoms with E-state index in [1.54, 1.807) is 17.9 Å². The van der Waals surface area contributed by atoms with Gasteiger partial charge in [-0.25, -0.2) is 0 Å². The second-order valence-electron chi connectivity index (χ2n) is 4.91. The lowest BCUT2D eigenvalue weighted by molar-refractivity contribution is 0.0930. The van der Waals surface area contributed by atoms with Crippen LogP contribution < -0.4 is 5.32 Å². The van der Waals surface area contributed by atoms with Gasteiger partial charge in [0, 0.05) is 32.3 Å². The zero-order valence-electron chi connectivity index (χ0n) is 11.6. The van der Waals surface area contributed by atoms with E-state index < -0.39 is 0 Å². The first kappa shape index (κ1) is 14.7. The number of hydrogen-bond acceptors (Lipinski definition) is 3. The second kappa shape index (κ2) is 6.54. The Kier molecular flexibility index (Phi) is 5.34. The molecule has 0 aliphatic rings. The maximum absolute atomic E-state index is 12.0. The van der Waals surface area contributed by atoms with Crippen molar-refractivity contribution in [2.24, 2.45) is 18.9 Å². The first-order valence-corrected chi connectivity index (χ1v) is 6.41. The summed E-state index contributed by atoms with van der Waals surface area (Å²) in [4.78, 5) is 12.0. The Labute approximate surface area is 108 Å². The highest BCUT2D eigenvalue weighted by Gasteiger charge is 2.17. The number of carbonyl (C=O) groups excluding carboxylic acids is 1. The quantitative estimate of drug-likeness (QED) is 0.794. The Morgan fingerprint density at radius 3 is 2.72 bits per heavy atom. The van der Waals surface area contributed by atoms with Gasteiger partial charge in [-0.05, 0) is 12.3 Å². The SMILES string of the molecule is CCc1nn(C)cc1C(=O)NCC(CO)C(C)C. The van der Waals surface area contributed by atoms with Gasteiger partial charge < -0.3 is 10.4 Å². The van der Waals surface area contributed by atoms with Gasteiger partial charge in [-0.3, -0.25) is 9.48 Å². The highest BCUT2D eigenvalue weighted by atomic mass is 16.3. The van der Waals surface area contributed by atoms with E-state index in [9.17, 15) is 9.90 Å². The van der Waals surface area contributed by atoms with Crippen molar-refractivity contribution in [1.29, 1.82) is 0 Å². The van der Waals surface area contributed by atoms with Crippen molar-refractivity contribution in [2.45, 2.75) is 27.2 Å². The van der Waals surface area contributed by atoms with E-state index in [2.05, 4.69) is 10.4 Å². The fourth-order valence-corrected chi connectivity index (χ4v) is 1.82.